The van der Waals surface area contributed by atoms with Crippen LogP contribution in [-0.2, 0) is 16.1 Å². The molecule has 2 N–H and O–H groups in total. The minimum absolute atomic E-state index is 0.00404. The summed E-state index contributed by atoms with van der Waals surface area (Å²) in [7, 11) is 1.45. The van der Waals surface area contributed by atoms with Gasteiger partial charge >= 0.3 is 5.97 Å². The van der Waals surface area contributed by atoms with Gasteiger partial charge in [0.15, 0.2) is 0 Å². The maximum atomic E-state index is 11.3. The van der Waals surface area contributed by atoms with Crippen molar-refractivity contribution in [1.29, 1.82) is 0 Å². The van der Waals surface area contributed by atoms with Crippen molar-refractivity contribution in [2.75, 3.05) is 13.7 Å². The third-order valence-corrected chi connectivity index (χ3v) is 3.04. The van der Waals surface area contributed by atoms with E-state index in [1.54, 1.807) is 42.6 Å². The highest BCUT2D eigenvalue weighted by Crippen LogP contribution is 2.23. The van der Waals surface area contributed by atoms with E-state index in [4.69, 9.17) is 4.74 Å². The summed E-state index contributed by atoms with van der Waals surface area (Å²) in [4.78, 5) is 26.8. The number of carboxylic acid groups (broad SMARTS) is 1. The van der Waals surface area contributed by atoms with Gasteiger partial charge in [0.2, 0.25) is 5.91 Å². The Bertz CT molecular complexity index is 668. The molecule has 1 aromatic heterocycles. The summed E-state index contributed by atoms with van der Waals surface area (Å²) in [6.45, 7) is 0.299. The summed E-state index contributed by atoms with van der Waals surface area (Å²) in [5.74, 6) is -1.20. The predicted molar refractivity (Wildman–Crippen MR) is 80.4 cm³/mol. The maximum absolute atomic E-state index is 11.3. The molecule has 0 spiro atoms. The summed E-state index contributed by atoms with van der Waals surface area (Å²) >= 11 is 0. The second-order valence-corrected chi connectivity index (χ2v) is 4.60. The van der Waals surface area contributed by atoms with E-state index in [1.807, 2.05) is 0 Å². The summed E-state index contributed by atoms with van der Waals surface area (Å²) in [6.07, 6.45) is 1.60. The summed E-state index contributed by atoms with van der Waals surface area (Å²) in [5.41, 5.74) is 2.23. The van der Waals surface area contributed by atoms with Gasteiger partial charge in [-0.2, -0.15) is 0 Å². The third-order valence-electron chi connectivity index (χ3n) is 3.04. The monoisotopic (exact) mass is 300 g/mol. The van der Waals surface area contributed by atoms with Gasteiger partial charge in [0, 0.05) is 18.9 Å². The lowest BCUT2D eigenvalue weighted by molar-refractivity contribution is -0.124. The first-order chi connectivity index (χ1) is 10.6. The van der Waals surface area contributed by atoms with Gasteiger partial charge in [0.25, 0.3) is 0 Å². The highest BCUT2D eigenvalue weighted by molar-refractivity contribution is 5.95. The van der Waals surface area contributed by atoms with Crippen LogP contribution in [0.2, 0.25) is 0 Å². The molecule has 0 fully saturated rings. The van der Waals surface area contributed by atoms with Crippen LogP contribution in [0.15, 0.2) is 42.6 Å². The van der Waals surface area contributed by atoms with Crippen LogP contribution < -0.4 is 5.32 Å². The van der Waals surface area contributed by atoms with E-state index in [0.29, 0.717) is 23.4 Å². The van der Waals surface area contributed by atoms with Gasteiger partial charge in [-0.1, -0.05) is 24.3 Å². The van der Waals surface area contributed by atoms with Crippen molar-refractivity contribution in [2.24, 2.45) is 0 Å². The summed E-state index contributed by atoms with van der Waals surface area (Å²) in [6, 6.07) is 10.3. The van der Waals surface area contributed by atoms with Gasteiger partial charge in [0.1, 0.15) is 6.61 Å². The summed E-state index contributed by atoms with van der Waals surface area (Å²) in [5, 5.41) is 11.9. The van der Waals surface area contributed by atoms with Crippen molar-refractivity contribution in [2.45, 2.75) is 6.54 Å². The fraction of sp³-hybridized carbons (Fsp3) is 0.188. The molecule has 0 saturated carbocycles. The number of carboxylic acids is 1. The largest absolute Gasteiger partial charge is 0.478 e. The number of carbonyl (C=O) groups excluding carboxylic acids is 1. The van der Waals surface area contributed by atoms with Crippen molar-refractivity contribution in [3.8, 4) is 11.1 Å². The van der Waals surface area contributed by atoms with Crippen LogP contribution in [0.4, 0.5) is 0 Å². The minimum Gasteiger partial charge on any atom is -0.478 e. The lowest BCUT2D eigenvalue weighted by Gasteiger charge is -2.07. The average molecular weight is 300 g/mol. The number of hydrogen-bond acceptors (Lipinski definition) is 4. The highest BCUT2D eigenvalue weighted by Gasteiger charge is 2.11. The molecule has 0 bridgehead atoms. The molecule has 0 aliphatic rings. The van der Waals surface area contributed by atoms with Gasteiger partial charge in [0.05, 0.1) is 17.8 Å². The van der Waals surface area contributed by atoms with Crippen LogP contribution in [0, 0.1) is 0 Å². The SMILES string of the molecule is COCC(=O)NCc1ccc(-c2ccccc2C(=O)O)cn1. The Hall–Kier alpha value is -2.73. The zero-order valence-electron chi connectivity index (χ0n) is 12.1. The highest BCUT2D eigenvalue weighted by atomic mass is 16.5. The van der Waals surface area contributed by atoms with Crippen LogP contribution in [0.25, 0.3) is 11.1 Å². The number of nitrogens with zero attached hydrogens (tertiary/aromatic N) is 1. The van der Waals surface area contributed by atoms with E-state index in [9.17, 15) is 14.7 Å². The van der Waals surface area contributed by atoms with E-state index < -0.39 is 5.97 Å². The first kappa shape index (κ1) is 15.7. The Morgan fingerprint density at radius 1 is 1.23 bits per heavy atom. The standard InChI is InChI=1S/C16H16N2O4/c1-22-10-15(19)18-9-12-7-6-11(8-17-12)13-4-2-3-5-14(13)16(20)21/h2-8H,9-10H2,1H3,(H,18,19)(H,20,21). The molecule has 2 rings (SSSR count). The van der Waals surface area contributed by atoms with E-state index in [1.165, 1.54) is 7.11 Å². The van der Waals surface area contributed by atoms with E-state index in [2.05, 4.69) is 10.3 Å². The smallest absolute Gasteiger partial charge is 0.336 e. The number of rotatable bonds is 6. The lowest BCUT2D eigenvalue weighted by Crippen LogP contribution is -2.26. The Balaban J connectivity index is 2.12. The van der Waals surface area contributed by atoms with Crippen molar-refractivity contribution in [3.05, 3.63) is 53.9 Å². The number of carbonyl (C=O) groups is 2. The molecule has 0 atom stereocenters. The molecule has 0 radical (unpaired) electrons. The van der Waals surface area contributed by atoms with Gasteiger partial charge in [-0.3, -0.25) is 9.78 Å². The van der Waals surface area contributed by atoms with Crippen molar-refractivity contribution in [1.82, 2.24) is 10.3 Å². The Morgan fingerprint density at radius 3 is 2.64 bits per heavy atom. The van der Waals surface area contributed by atoms with Crippen molar-refractivity contribution >= 4 is 11.9 Å². The Labute approximate surface area is 127 Å². The molecule has 6 nitrogen and oxygen atoms in total. The number of nitrogens with one attached hydrogen (secondary N) is 1. The van der Waals surface area contributed by atoms with Gasteiger partial charge in [-0.05, 0) is 17.7 Å². The fourth-order valence-corrected chi connectivity index (χ4v) is 1.98. The molecule has 2 aromatic rings. The topological polar surface area (TPSA) is 88.5 Å². The predicted octanol–water partition coefficient (Wildman–Crippen LogP) is 1.71. The molecule has 22 heavy (non-hydrogen) atoms. The number of aromatic nitrogens is 1. The van der Waals surface area contributed by atoms with E-state index >= 15 is 0 Å². The fourth-order valence-electron chi connectivity index (χ4n) is 1.98. The number of pyridine rings is 1. The van der Waals surface area contributed by atoms with Crippen LogP contribution in [0.1, 0.15) is 16.1 Å². The van der Waals surface area contributed by atoms with Crippen molar-refractivity contribution < 1.29 is 19.4 Å². The van der Waals surface area contributed by atoms with Gasteiger partial charge < -0.3 is 15.2 Å². The molecule has 0 aliphatic heterocycles. The van der Waals surface area contributed by atoms with Crippen LogP contribution >= 0.6 is 0 Å². The maximum Gasteiger partial charge on any atom is 0.336 e. The molecule has 114 valence electrons. The Kier molecular flexibility index (Phi) is 5.21. The third kappa shape index (κ3) is 3.89. The Morgan fingerprint density at radius 2 is 2.00 bits per heavy atom. The zero-order chi connectivity index (χ0) is 15.9. The molecular formula is C16H16N2O4. The number of amides is 1. The van der Waals surface area contributed by atoms with Gasteiger partial charge in [-0.25, -0.2) is 4.79 Å². The minimum atomic E-state index is -0.980. The quantitative estimate of drug-likeness (QED) is 0.848. The number of hydrogen-bond donors (Lipinski definition) is 2. The van der Waals surface area contributed by atoms with Crippen LogP contribution in [0.3, 0.4) is 0 Å². The molecule has 1 aromatic carbocycles. The molecule has 6 heteroatoms. The zero-order valence-corrected chi connectivity index (χ0v) is 12.1. The van der Waals surface area contributed by atoms with E-state index in [-0.39, 0.29) is 18.1 Å². The molecular weight excluding hydrogens is 284 g/mol. The molecule has 0 saturated heterocycles. The molecule has 1 heterocycles. The number of benzene rings is 1. The lowest BCUT2D eigenvalue weighted by atomic mass is 10.0. The average Bonchev–Trinajstić information content (AvgIpc) is 2.54. The second-order valence-electron chi connectivity index (χ2n) is 4.60. The number of aromatic carboxylic acids is 1. The van der Waals surface area contributed by atoms with Gasteiger partial charge in [-0.15, -0.1) is 0 Å². The number of methoxy groups -OCH3 is 1. The van der Waals surface area contributed by atoms with Crippen LogP contribution in [-0.4, -0.2) is 35.7 Å². The molecule has 0 unspecified atom stereocenters. The summed E-state index contributed by atoms with van der Waals surface area (Å²) < 4.78 is 4.72. The van der Waals surface area contributed by atoms with Crippen molar-refractivity contribution in [3.63, 3.8) is 0 Å². The number of ether oxygens (including phenoxy) is 1. The first-order valence-corrected chi connectivity index (χ1v) is 6.65. The van der Waals surface area contributed by atoms with E-state index in [0.717, 1.165) is 0 Å². The molecule has 0 aliphatic carbocycles. The van der Waals surface area contributed by atoms with Crippen LogP contribution in [0.5, 0.6) is 0 Å². The second kappa shape index (κ2) is 7.33. The first-order valence-electron chi connectivity index (χ1n) is 6.65. The molecule has 1 amide bonds. The normalized spacial score (nSPS) is 10.2.